The van der Waals surface area contributed by atoms with Crippen molar-refractivity contribution >= 4 is 67.2 Å². The number of nitrogens with two attached hydrogens (primary N) is 2. The van der Waals surface area contributed by atoms with Crippen LogP contribution >= 0.6 is 0 Å². The van der Waals surface area contributed by atoms with Crippen molar-refractivity contribution in [1.82, 2.24) is 0 Å². The Kier molecular flexibility index (Phi) is 7.18. The summed E-state index contributed by atoms with van der Waals surface area (Å²) < 4.78 is 5.73. The summed E-state index contributed by atoms with van der Waals surface area (Å²) >= 11 is 0. The second-order valence-electron chi connectivity index (χ2n) is 9.96. The number of methoxy groups -OCH3 is 1. The molecule has 0 spiro atoms. The van der Waals surface area contributed by atoms with E-state index in [1.165, 1.54) is 10.8 Å². The van der Waals surface area contributed by atoms with E-state index in [2.05, 4.69) is 71.3 Å². The van der Waals surface area contributed by atoms with Gasteiger partial charge < -0.3 is 26.8 Å². The molecule has 0 radical (unpaired) electrons. The zero-order chi connectivity index (χ0) is 29.1. The van der Waals surface area contributed by atoms with E-state index in [0.29, 0.717) is 11.4 Å². The molecule has 206 valence electrons. The molecular formula is C36H30N4O2. The van der Waals surface area contributed by atoms with Crippen molar-refractivity contribution in [1.29, 1.82) is 0 Å². The van der Waals surface area contributed by atoms with Gasteiger partial charge in [-0.15, -0.1) is 0 Å². The van der Waals surface area contributed by atoms with Crippen molar-refractivity contribution in [3.8, 4) is 16.9 Å². The average molecular weight is 551 g/mol. The number of nitrogen functional groups attached to an aromatic ring is 2. The molecule has 0 atom stereocenters. The summed E-state index contributed by atoms with van der Waals surface area (Å²) in [4.78, 5) is 11.5. The van der Waals surface area contributed by atoms with Crippen LogP contribution in [0.1, 0.15) is 0 Å². The van der Waals surface area contributed by atoms with Crippen LogP contribution < -0.4 is 26.8 Å². The molecular weight excluding hydrogens is 520 g/mol. The Morgan fingerprint density at radius 3 is 2.07 bits per heavy atom. The topological polar surface area (TPSA) is 102 Å². The number of hydrogen-bond acceptors (Lipinski definition) is 5. The Morgan fingerprint density at radius 1 is 0.643 bits per heavy atom. The largest absolute Gasteiger partial charge is 0.496 e. The summed E-state index contributed by atoms with van der Waals surface area (Å²) in [5.41, 5.74) is 16.9. The van der Waals surface area contributed by atoms with Gasteiger partial charge in [-0.05, 0) is 64.7 Å². The van der Waals surface area contributed by atoms with E-state index in [9.17, 15) is 4.79 Å². The number of para-hydroxylation sites is 2. The minimum absolute atomic E-state index is 0.713. The lowest BCUT2D eigenvalue weighted by atomic mass is 9.88. The van der Waals surface area contributed by atoms with Gasteiger partial charge in [0, 0.05) is 50.0 Å². The molecule has 0 bridgehead atoms. The quantitative estimate of drug-likeness (QED) is 0.0945. The van der Waals surface area contributed by atoms with Gasteiger partial charge in [0.25, 0.3) is 0 Å². The van der Waals surface area contributed by atoms with E-state index in [4.69, 9.17) is 16.2 Å². The van der Waals surface area contributed by atoms with Crippen molar-refractivity contribution in [2.45, 2.75) is 0 Å². The number of rotatable bonds is 6. The van der Waals surface area contributed by atoms with E-state index in [1.807, 2.05) is 42.5 Å². The number of amides is 1. The third-order valence-electron chi connectivity index (χ3n) is 7.33. The average Bonchev–Trinajstić information content (AvgIpc) is 3.01. The molecule has 0 aliphatic rings. The molecule has 1 amide bonds. The third-order valence-corrected chi connectivity index (χ3v) is 7.33. The van der Waals surface area contributed by atoms with E-state index in [-0.39, 0.29) is 0 Å². The molecule has 0 aromatic heterocycles. The molecule has 0 aliphatic carbocycles. The van der Waals surface area contributed by atoms with Gasteiger partial charge in [0.05, 0.1) is 12.8 Å². The van der Waals surface area contributed by atoms with Crippen LogP contribution in [0, 0.1) is 0 Å². The van der Waals surface area contributed by atoms with Crippen LogP contribution in [0.15, 0.2) is 121 Å². The molecule has 6 N–H and O–H groups in total. The maximum atomic E-state index is 11.5. The first kappa shape index (κ1) is 26.5. The first-order chi connectivity index (χ1) is 20.6. The van der Waals surface area contributed by atoms with E-state index in [0.717, 1.165) is 61.9 Å². The fraction of sp³-hybridized carbons (Fsp3) is 0.0278. The number of hydrogen-bond donors (Lipinski definition) is 4. The maximum absolute atomic E-state index is 11.5. The highest BCUT2D eigenvalue weighted by Gasteiger charge is 2.20. The molecule has 6 nitrogen and oxygen atoms in total. The van der Waals surface area contributed by atoms with Crippen LogP contribution in [-0.4, -0.2) is 13.5 Å². The summed E-state index contributed by atoms with van der Waals surface area (Å²) in [5.74, 6) is 0.788. The third kappa shape index (κ3) is 4.97. The summed E-state index contributed by atoms with van der Waals surface area (Å²) in [6.45, 7) is 0. The molecule has 0 aliphatic heterocycles. The Balaban J connectivity index is 0.000000343. The van der Waals surface area contributed by atoms with Crippen molar-refractivity contribution in [2.75, 3.05) is 29.2 Å². The Hall–Kier alpha value is -5.75. The van der Waals surface area contributed by atoms with Gasteiger partial charge in [0.2, 0.25) is 6.41 Å². The summed E-state index contributed by atoms with van der Waals surface area (Å²) in [6, 6.07) is 40.1. The Morgan fingerprint density at radius 2 is 1.36 bits per heavy atom. The first-order valence-electron chi connectivity index (χ1n) is 13.6. The highest BCUT2D eigenvalue weighted by atomic mass is 16.5. The Bertz CT molecular complexity index is 2000. The lowest BCUT2D eigenvalue weighted by molar-refractivity contribution is -0.105. The molecule has 0 saturated carbocycles. The van der Waals surface area contributed by atoms with Crippen LogP contribution in [0.5, 0.6) is 5.75 Å². The fourth-order valence-corrected chi connectivity index (χ4v) is 5.52. The highest BCUT2D eigenvalue weighted by Crippen LogP contribution is 2.47. The molecule has 6 heteroatoms. The Labute approximate surface area is 243 Å². The standard InChI is InChI=1S/C30H22N2O2.C6H8N2/c1-34-27-13-6-5-12-22(27)24-17-25-26(31-18-33)16-20-9-7-8-19-14-15-23(29(25)28(19)20)30(24)32-21-10-3-2-4-11-21;7-5-2-1-3-6(8)4-5/h2-18,32H,1H3,(H,31,33);1-4H,7-8H2. The van der Waals surface area contributed by atoms with Crippen LogP contribution in [-0.2, 0) is 4.79 Å². The molecule has 0 unspecified atom stereocenters. The lowest BCUT2D eigenvalue weighted by Gasteiger charge is -2.22. The summed E-state index contributed by atoms with van der Waals surface area (Å²) in [5, 5.41) is 13.3. The van der Waals surface area contributed by atoms with Crippen LogP contribution in [0.3, 0.4) is 0 Å². The minimum atomic E-state index is 0.713. The molecule has 0 fully saturated rings. The van der Waals surface area contributed by atoms with Crippen molar-refractivity contribution in [3.05, 3.63) is 121 Å². The van der Waals surface area contributed by atoms with Crippen LogP contribution in [0.4, 0.5) is 28.4 Å². The summed E-state index contributed by atoms with van der Waals surface area (Å²) in [6.07, 6.45) is 0.741. The predicted molar refractivity (Wildman–Crippen MR) is 177 cm³/mol. The zero-order valence-corrected chi connectivity index (χ0v) is 23.1. The van der Waals surface area contributed by atoms with E-state index >= 15 is 0 Å². The first-order valence-corrected chi connectivity index (χ1v) is 13.6. The molecule has 0 heterocycles. The number of anilines is 5. The maximum Gasteiger partial charge on any atom is 0.211 e. The SMILES string of the molecule is COc1ccccc1-c1cc2c(NC=O)cc3cccc4ccc(c1Nc1ccccc1)c2c43.Nc1cccc(N)c1. The fourth-order valence-electron chi connectivity index (χ4n) is 5.52. The number of benzene rings is 7. The van der Waals surface area contributed by atoms with Gasteiger partial charge in [-0.25, -0.2) is 0 Å². The minimum Gasteiger partial charge on any atom is -0.496 e. The normalized spacial score (nSPS) is 10.8. The number of carbonyl (C=O) groups excluding carboxylic acids is 1. The van der Waals surface area contributed by atoms with Crippen LogP contribution in [0.25, 0.3) is 43.4 Å². The molecule has 7 aromatic rings. The molecule has 42 heavy (non-hydrogen) atoms. The van der Waals surface area contributed by atoms with Crippen molar-refractivity contribution < 1.29 is 9.53 Å². The van der Waals surface area contributed by atoms with Crippen molar-refractivity contribution in [2.24, 2.45) is 0 Å². The molecule has 7 rings (SSSR count). The smallest absolute Gasteiger partial charge is 0.211 e. The predicted octanol–water partition coefficient (Wildman–Crippen LogP) is 8.42. The number of nitrogens with one attached hydrogen (secondary N) is 2. The van der Waals surface area contributed by atoms with Gasteiger partial charge in [-0.3, -0.25) is 4.79 Å². The number of ether oxygens (including phenoxy) is 1. The second-order valence-corrected chi connectivity index (χ2v) is 9.96. The zero-order valence-electron chi connectivity index (χ0n) is 23.1. The van der Waals surface area contributed by atoms with Gasteiger partial charge in [0.1, 0.15) is 5.75 Å². The number of carbonyl (C=O) groups is 1. The molecule has 0 saturated heterocycles. The van der Waals surface area contributed by atoms with E-state index in [1.54, 1.807) is 25.3 Å². The summed E-state index contributed by atoms with van der Waals surface area (Å²) in [7, 11) is 1.69. The van der Waals surface area contributed by atoms with Crippen molar-refractivity contribution in [3.63, 3.8) is 0 Å². The van der Waals surface area contributed by atoms with Gasteiger partial charge in [0.15, 0.2) is 0 Å². The van der Waals surface area contributed by atoms with Gasteiger partial charge in [-0.2, -0.15) is 0 Å². The lowest BCUT2D eigenvalue weighted by Crippen LogP contribution is -2.00. The van der Waals surface area contributed by atoms with Gasteiger partial charge in [-0.1, -0.05) is 72.8 Å². The highest BCUT2D eigenvalue weighted by molar-refractivity contribution is 6.30. The van der Waals surface area contributed by atoms with Gasteiger partial charge >= 0.3 is 0 Å². The molecule has 7 aromatic carbocycles. The second kappa shape index (κ2) is 11.4. The van der Waals surface area contributed by atoms with E-state index < -0.39 is 0 Å². The monoisotopic (exact) mass is 550 g/mol. The van der Waals surface area contributed by atoms with Crippen LogP contribution in [0.2, 0.25) is 0 Å².